The quantitative estimate of drug-likeness (QED) is 0.600. The number of amides is 1. The largest absolute Gasteiger partial charge is 0.345 e. The van der Waals surface area contributed by atoms with Crippen molar-refractivity contribution in [1.82, 2.24) is 4.90 Å². The number of rotatable bonds is 5. The molecule has 3 nitrogen and oxygen atoms in total. The van der Waals surface area contributed by atoms with Gasteiger partial charge < -0.3 is 4.90 Å². The standard InChI is InChI=1S/C8H15NO2S/c1-7(10)6-8(11)9(2)4-5-12-3/h4-6H2,1-3H3. The molecular weight excluding hydrogens is 174 g/mol. The molecule has 0 aliphatic rings. The Bertz CT molecular complexity index is 170. The van der Waals surface area contributed by atoms with Crippen molar-refractivity contribution < 1.29 is 9.59 Å². The number of carbonyl (C=O) groups is 2. The Kier molecular flexibility index (Phi) is 5.80. The predicted molar refractivity (Wildman–Crippen MR) is 51.3 cm³/mol. The zero-order valence-corrected chi connectivity index (χ0v) is 8.61. The third-order valence-corrected chi connectivity index (χ3v) is 2.05. The van der Waals surface area contributed by atoms with Gasteiger partial charge in [-0.05, 0) is 13.2 Å². The molecule has 0 fully saturated rings. The summed E-state index contributed by atoms with van der Waals surface area (Å²) in [4.78, 5) is 23.3. The summed E-state index contributed by atoms with van der Waals surface area (Å²) in [5.41, 5.74) is 0. The van der Waals surface area contributed by atoms with E-state index in [0.717, 1.165) is 5.75 Å². The normalized spacial score (nSPS) is 9.58. The highest BCUT2D eigenvalue weighted by Crippen LogP contribution is 1.96. The number of Topliss-reactive ketones (excluding diaryl/α,β-unsaturated/α-hetero) is 1. The second kappa shape index (κ2) is 6.06. The van der Waals surface area contributed by atoms with Gasteiger partial charge in [-0.15, -0.1) is 0 Å². The molecule has 0 saturated heterocycles. The number of nitrogens with zero attached hydrogens (tertiary/aromatic N) is 1. The fraction of sp³-hybridized carbons (Fsp3) is 0.750. The summed E-state index contributed by atoms with van der Waals surface area (Å²) in [6.07, 6.45) is 2.02. The summed E-state index contributed by atoms with van der Waals surface area (Å²) in [6, 6.07) is 0. The van der Waals surface area contributed by atoms with E-state index in [4.69, 9.17) is 0 Å². The third kappa shape index (κ3) is 5.18. The van der Waals surface area contributed by atoms with Gasteiger partial charge in [0.2, 0.25) is 5.91 Å². The number of carbonyl (C=O) groups excluding carboxylic acids is 2. The fourth-order valence-corrected chi connectivity index (χ4v) is 1.16. The lowest BCUT2D eigenvalue weighted by molar-refractivity contribution is -0.133. The Hall–Kier alpha value is -0.510. The van der Waals surface area contributed by atoms with Crippen molar-refractivity contribution in [2.24, 2.45) is 0 Å². The Morgan fingerprint density at radius 1 is 1.42 bits per heavy atom. The van der Waals surface area contributed by atoms with Crippen LogP contribution in [0.2, 0.25) is 0 Å². The van der Waals surface area contributed by atoms with Gasteiger partial charge in [-0.3, -0.25) is 9.59 Å². The van der Waals surface area contributed by atoms with Gasteiger partial charge in [0.05, 0.1) is 6.42 Å². The molecule has 0 heterocycles. The van der Waals surface area contributed by atoms with Crippen molar-refractivity contribution in [3.8, 4) is 0 Å². The van der Waals surface area contributed by atoms with E-state index < -0.39 is 0 Å². The first kappa shape index (κ1) is 11.5. The van der Waals surface area contributed by atoms with Crippen LogP contribution < -0.4 is 0 Å². The van der Waals surface area contributed by atoms with E-state index in [0.29, 0.717) is 6.54 Å². The van der Waals surface area contributed by atoms with Gasteiger partial charge in [0.1, 0.15) is 5.78 Å². The highest BCUT2D eigenvalue weighted by Gasteiger charge is 2.09. The molecule has 0 rings (SSSR count). The molecule has 70 valence electrons. The van der Waals surface area contributed by atoms with E-state index in [-0.39, 0.29) is 18.1 Å². The minimum absolute atomic E-state index is 0.0326. The van der Waals surface area contributed by atoms with E-state index in [1.54, 1.807) is 23.7 Å². The van der Waals surface area contributed by atoms with Crippen molar-refractivity contribution in [2.45, 2.75) is 13.3 Å². The van der Waals surface area contributed by atoms with E-state index in [2.05, 4.69) is 0 Å². The van der Waals surface area contributed by atoms with Crippen molar-refractivity contribution >= 4 is 23.5 Å². The molecule has 0 spiro atoms. The second-order valence-corrected chi connectivity index (χ2v) is 3.67. The first-order chi connectivity index (χ1) is 5.57. The van der Waals surface area contributed by atoms with E-state index >= 15 is 0 Å². The molecule has 12 heavy (non-hydrogen) atoms. The number of hydrogen-bond donors (Lipinski definition) is 0. The molecule has 1 amide bonds. The highest BCUT2D eigenvalue weighted by molar-refractivity contribution is 7.98. The lowest BCUT2D eigenvalue weighted by Crippen LogP contribution is -2.29. The summed E-state index contributed by atoms with van der Waals surface area (Å²) < 4.78 is 0. The Morgan fingerprint density at radius 3 is 2.42 bits per heavy atom. The first-order valence-corrected chi connectivity index (χ1v) is 5.19. The fourth-order valence-electron chi connectivity index (χ4n) is 0.701. The first-order valence-electron chi connectivity index (χ1n) is 3.80. The molecule has 0 saturated carbocycles. The molecule has 0 bridgehead atoms. The van der Waals surface area contributed by atoms with Crippen LogP contribution >= 0.6 is 11.8 Å². The van der Waals surface area contributed by atoms with Crippen LogP contribution in [0.15, 0.2) is 0 Å². The van der Waals surface area contributed by atoms with Gasteiger partial charge in [-0.2, -0.15) is 11.8 Å². The van der Waals surface area contributed by atoms with Crippen molar-refractivity contribution in [1.29, 1.82) is 0 Å². The van der Waals surface area contributed by atoms with Gasteiger partial charge in [0.15, 0.2) is 0 Å². The topological polar surface area (TPSA) is 37.4 Å². The van der Waals surface area contributed by atoms with Crippen LogP contribution in [-0.2, 0) is 9.59 Å². The SMILES string of the molecule is CSCCN(C)C(=O)CC(C)=O. The molecule has 0 radical (unpaired) electrons. The number of hydrogen-bond acceptors (Lipinski definition) is 3. The Balaban J connectivity index is 3.69. The van der Waals surface area contributed by atoms with Crippen LogP contribution in [0, 0.1) is 0 Å². The zero-order chi connectivity index (χ0) is 9.56. The van der Waals surface area contributed by atoms with E-state index in [1.165, 1.54) is 6.92 Å². The van der Waals surface area contributed by atoms with Crippen molar-refractivity contribution in [3.05, 3.63) is 0 Å². The van der Waals surface area contributed by atoms with Crippen LogP contribution in [0.1, 0.15) is 13.3 Å². The lowest BCUT2D eigenvalue weighted by Gasteiger charge is -2.15. The van der Waals surface area contributed by atoms with Gasteiger partial charge in [-0.25, -0.2) is 0 Å². The predicted octanol–water partition coefficient (Wildman–Crippen LogP) is 0.787. The Morgan fingerprint density at radius 2 is 2.00 bits per heavy atom. The zero-order valence-electron chi connectivity index (χ0n) is 7.79. The molecule has 0 aromatic heterocycles. The number of ketones is 1. The lowest BCUT2D eigenvalue weighted by atomic mass is 10.3. The van der Waals surface area contributed by atoms with Crippen LogP contribution in [0.3, 0.4) is 0 Å². The molecule has 0 unspecified atom stereocenters. The molecule has 0 aliphatic carbocycles. The summed E-state index contributed by atoms with van der Waals surface area (Å²) in [5, 5.41) is 0. The average Bonchev–Trinajstić information content (AvgIpc) is 1.98. The molecule has 4 heteroatoms. The molecule has 0 atom stereocenters. The minimum atomic E-state index is -0.0865. The summed E-state index contributed by atoms with van der Waals surface area (Å²) in [7, 11) is 1.72. The van der Waals surface area contributed by atoms with Crippen LogP contribution in [0.4, 0.5) is 0 Å². The van der Waals surface area contributed by atoms with Gasteiger partial charge >= 0.3 is 0 Å². The van der Waals surface area contributed by atoms with Crippen molar-refractivity contribution in [2.75, 3.05) is 25.6 Å². The molecule has 0 aliphatic heterocycles. The van der Waals surface area contributed by atoms with Crippen LogP contribution in [0.25, 0.3) is 0 Å². The van der Waals surface area contributed by atoms with Gasteiger partial charge in [0.25, 0.3) is 0 Å². The highest BCUT2D eigenvalue weighted by atomic mass is 32.2. The average molecular weight is 189 g/mol. The maximum absolute atomic E-state index is 11.2. The van der Waals surface area contributed by atoms with Crippen molar-refractivity contribution in [3.63, 3.8) is 0 Å². The summed E-state index contributed by atoms with van der Waals surface area (Å²) in [6.45, 7) is 2.15. The molecule has 0 aromatic rings. The smallest absolute Gasteiger partial charge is 0.229 e. The van der Waals surface area contributed by atoms with Crippen LogP contribution in [0.5, 0.6) is 0 Å². The van der Waals surface area contributed by atoms with Gasteiger partial charge in [0, 0.05) is 19.3 Å². The molecular formula is C8H15NO2S. The van der Waals surface area contributed by atoms with Crippen LogP contribution in [-0.4, -0.2) is 42.2 Å². The monoisotopic (exact) mass is 189 g/mol. The van der Waals surface area contributed by atoms with E-state index in [9.17, 15) is 9.59 Å². The Labute approximate surface area is 77.5 Å². The molecule has 0 N–H and O–H groups in total. The number of thioether (sulfide) groups is 1. The van der Waals surface area contributed by atoms with E-state index in [1.807, 2.05) is 6.26 Å². The summed E-state index contributed by atoms with van der Waals surface area (Å²) in [5.74, 6) is 0.757. The maximum atomic E-state index is 11.2. The maximum Gasteiger partial charge on any atom is 0.229 e. The second-order valence-electron chi connectivity index (χ2n) is 2.69. The summed E-state index contributed by atoms with van der Waals surface area (Å²) >= 11 is 1.69. The minimum Gasteiger partial charge on any atom is -0.345 e. The van der Waals surface area contributed by atoms with Gasteiger partial charge in [-0.1, -0.05) is 0 Å². The third-order valence-electron chi connectivity index (χ3n) is 1.46. The molecule has 0 aromatic carbocycles.